The first-order valence-electron chi connectivity index (χ1n) is 10.9. The van der Waals surface area contributed by atoms with Crippen molar-refractivity contribution in [2.75, 3.05) is 26.2 Å². The Morgan fingerprint density at radius 2 is 1.81 bits per heavy atom. The van der Waals surface area contributed by atoms with Crippen molar-refractivity contribution in [3.05, 3.63) is 34.9 Å². The van der Waals surface area contributed by atoms with Gasteiger partial charge < -0.3 is 24.4 Å². The summed E-state index contributed by atoms with van der Waals surface area (Å²) in [6.07, 6.45) is 4.59. The molecule has 2 rings (SSSR count). The van der Waals surface area contributed by atoms with Crippen molar-refractivity contribution in [1.82, 2.24) is 15.5 Å². The normalized spacial score (nSPS) is 17.3. The maximum absolute atomic E-state index is 12.3. The lowest BCUT2D eigenvalue weighted by atomic mass is 9.96. The lowest BCUT2D eigenvalue weighted by molar-refractivity contribution is 0.0266. The highest BCUT2D eigenvalue weighted by atomic mass is 16.6. The molecule has 0 fully saturated rings. The lowest BCUT2D eigenvalue weighted by Gasteiger charge is -2.31. The Kier molecular flexibility index (Phi) is 8.03. The van der Waals surface area contributed by atoms with Gasteiger partial charge >= 0.3 is 12.2 Å². The SMILES string of the molecule is CCCOC1=C(C2=CCN(C(=O)OC(C)(C)C)CC2)CNC(NC(=O)OC(C)(C)C)=C1. The molecule has 2 N–H and O–H groups in total. The molecule has 2 heterocycles. The molecule has 2 aliphatic heterocycles. The number of nitrogens with one attached hydrogen (secondary N) is 2. The van der Waals surface area contributed by atoms with Gasteiger partial charge in [0.2, 0.25) is 0 Å². The van der Waals surface area contributed by atoms with Gasteiger partial charge in [0.05, 0.1) is 6.61 Å². The van der Waals surface area contributed by atoms with Crippen LogP contribution in [0.1, 0.15) is 61.3 Å². The van der Waals surface area contributed by atoms with E-state index in [1.807, 2.05) is 54.5 Å². The third-order valence-corrected chi connectivity index (χ3v) is 4.37. The van der Waals surface area contributed by atoms with Crippen LogP contribution >= 0.6 is 0 Å². The van der Waals surface area contributed by atoms with Gasteiger partial charge in [-0.15, -0.1) is 0 Å². The Hall–Kier alpha value is -2.64. The van der Waals surface area contributed by atoms with Crippen LogP contribution in [0.4, 0.5) is 9.59 Å². The van der Waals surface area contributed by atoms with Gasteiger partial charge in [0.25, 0.3) is 0 Å². The standard InChI is InChI=1S/C23H37N3O5/c1-8-13-29-18-14-19(25-20(27)30-22(2,3)4)24-15-17(18)16-9-11-26(12-10-16)21(28)31-23(5,6)7/h9,14,24H,8,10-13,15H2,1-7H3,(H,25,27). The molecular formula is C23H37N3O5. The summed E-state index contributed by atoms with van der Waals surface area (Å²) in [6.45, 7) is 15.2. The average molecular weight is 436 g/mol. The molecule has 2 aliphatic rings. The molecule has 0 saturated carbocycles. The van der Waals surface area contributed by atoms with Crippen LogP contribution in [0.3, 0.4) is 0 Å². The van der Waals surface area contributed by atoms with Crippen LogP contribution in [0.25, 0.3) is 0 Å². The van der Waals surface area contributed by atoms with E-state index in [-0.39, 0.29) is 6.09 Å². The van der Waals surface area contributed by atoms with Crippen molar-refractivity contribution >= 4 is 12.2 Å². The van der Waals surface area contributed by atoms with E-state index in [1.54, 1.807) is 11.0 Å². The summed E-state index contributed by atoms with van der Waals surface area (Å²) < 4.78 is 16.8. The number of carbonyl (C=O) groups is 2. The predicted molar refractivity (Wildman–Crippen MR) is 119 cm³/mol. The van der Waals surface area contributed by atoms with Crippen molar-refractivity contribution in [3.63, 3.8) is 0 Å². The average Bonchev–Trinajstić information content (AvgIpc) is 2.63. The summed E-state index contributed by atoms with van der Waals surface area (Å²) in [6, 6.07) is 0. The molecule has 0 bridgehead atoms. The smallest absolute Gasteiger partial charge is 0.413 e. The van der Waals surface area contributed by atoms with E-state index in [1.165, 1.54) is 0 Å². The highest BCUT2D eigenvalue weighted by Crippen LogP contribution is 2.26. The molecule has 0 aromatic rings. The minimum absolute atomic E-state index is 0.301. The fourth-order valence-electron chi connectivity index (χ4n) is 3.08. The lowest BCUT2D eigenvalue weighted by Crippen LogP contribution is -2.40. The van der Waals surface area contributed by atoms with Gasteiger partial charge in [-0.1, -0.05) is 13.0 Å². The summed E-state index contributed by atoms with van der Waals surface area (Å²) in [5.74, 6) is 1.26. The molecular weight excluding hydrogens is 398 g/mol. The van der Waals surface area contributed by atoms with Crippen molar-refractivity contribution < 1.29 is 23.8 Å². The monoisotopic (exact) mass is 435 g/mol. The number of hydrogen-bond acceptors (Lipinski definition) is 6. The number of carbonyl (C=O) groups excluding carboxylic acids is 2. The third-order valence-electron chi connectivity index (χ3n) is 4.37. The number of alkyl carbamates (subject to hydrolysis) is 1. The zero-order valence-corrected chi connectivity index (χ0v) is 19.9. The van der Waals surface area contributed by atoms with Crippen LogP contribution < -0.4 is 10.6 Å². The zero-order valence-electron chi connectivity index (χ0n) is 19.9. The van der Waals surface area contributed by atoms with Crippen LogP contribution in [0.15, 0.2) is 34.9 Å². The highest BCUT2D eigenvalue weighted by molar-refractivity contribution is 5.70. The Bertz CT molecular complexity index is 769. The van der Waals surface area contributed by atoms with E-state index >= 15 is 0 Å². The molecule has 8 nitrogen and oxygen atoms in total. The van der Waals surface area contributed by atoms with E-state index in [2.05, 4.69) is 10.6 Å². The molecule has 0 spiro atoms. The van der Waals surface area contributed by atoms with Crippen LogP contribution in [-0.2, 0) is 14.2 Å². The van der Waals surface area contributed by atoms with Gasteiger partial charge in [0.15, 0.2) is 0 Å². The van der Waals surface area contributed by atoms with Crippen molar-refractivity contribution in [1.29, 1.82) is 0 Å². The van der Waals surface area contributed by atoms with Crippen molar-refractivity contribution in [2.24, 2.45) is 0 Å². The fraction of sp³-hybridized carbons (Fsp3) is 0.652. The van der Waals surface area contributed by atoms with Gasteiger partial charge in [0, 0.05) is 31.3 Å². The van der Waals surface area contributed by atoms with Gasteiger partial charge in [-0.25, -0.2) is 9.59 Å². The highest BCUT2D eigenvalue weighted by Gasteiger charge is 2.27. The first kappa shape index (κ1) is 24.6. The molecule has 0 aromatic heterocycles. The number of amides is 2. The van der Waals surface area contributed by atoms with E-state index in [0.29, 0.717) is 38.5 Å². The molecule has 0 saturated heterocycles. The molecule has 8 heteroatoms. The molecule has 0 unspecified atom stereocenters. The van der Waals surface area contributed by atoms with Crippen LogP contribution in [-0.4, -0.2) is 54.5 Å². The minimum Gasteiger partial charge on any atom is -0.493 e. The van der Waals surface area contributed by atoms with Crippen LogP contribution in [0.5, 0.6) is 0 Å². The first-order valence-corrected chi connectivity index (χ1v) is 10.9. The molecule has 31 heavy (non-hydrogen) atoms. The molecule has 174 valence electrons. The first-order chi connectivity index (χ1) is 14.4. The third kappa shape index (κ3) is 8.19. The summed E-state index contributed by atoms with van der Waals surface area (Å²) in [5, 5.41) is 5.95. The van der Waals surface area contributed by atoms with Crippen LogP contribution in [0.2, 0.25) is 0 Å². The number of rotatable bonds is 5. The zero-order chi connectivity index (χ0) is 23.2. The van der Waals surface area contributed by atoms with E-state index in [0.717, 1.165) is 23.3 Å². The quantitative estimate of drug-likeness (QED) is 0.673. The fourth-order valence-corrected chi connectivity index (χ4v) is 3.08. The molecule has 0 atom stereocenters. The summed E-state index contributed by atoms with van der Waals surface area (Å²) in [7, 11) is 0. The van der Waals surface area contributed by atoms with E-state index in [4.69, 9.17) is 14.2 Å². The Morgan fingerprint density at radius 3 is 2.35 bits per heavy atom. The molecule has 0 aromatic carbocycles. The second-order valence-electron chi connectivity index (χ2n) is 9.64. The Labute approximate surface area is 185 Å². The summed E-state index contributed by atoms with van der Waals surface area (Å²) in [5.41, 5.74) is 1.08. The topological polar surface area (TPSA) is 89.1 Å². The van der Waals surface area contributed by atoms with Crippen molar-refractivity contribution in [2.45, 2.75) is 72.5 Å². The second-order valence-corrected chi connectivity index (χ2v) is 9.64. The van der Waals surface area contributed by atoms with Crippen molar-refractivity contribution in [3.8, 4) is 0 Å². The van der Waals surface area contributed by atoms with Gasteiger partial charge in [-0.2, -0.15) is 0 Å². The van der Waals surface area contributed by atoms with Crippen LogP contribution in [0, 0.1) is 0 Å². The van der Waals surface area contributed by atoms with E-state index < -0.39 is 17.3 Å². The summed E-state index contributed by atoms with van der Waals surface area (Å²) in [4.78, 5) is 26.1. The largest absolute Gasteiger partial charge is 0.493 e. The number of dihydropyridines is 1. The van der Waals surface area contributed by atoms with Gasteiger partial charge in [-0.05, 0) is 60.0 Å². The maximum atomic E-state index is 12.3. The van der Waals surface area contributed by atoms with E-state index in [9.17, 15) is 9.59 Å². The molecule has 0 radical (unpaired) electrons. The minimum atomic E-state index is -0.575. The number of nitrogens with zero attached hydrogens (tertiary/aromatic N) is 1. The molecule has 0 aliphatic carbocycles. The number of allylic oxidation sites excluding steroid dienone is 1. The Balaban J connectivity index is 2.13. The number of hydrogen-bond donors (Lipinski definition) is 2. The number of ether oxygens (including phenoxy) is 3. The second kappa shape index (κ2) is 10.1. The Morgan fingerprint density at radius 1 is 1.13 bits per heavy atom. The maximum Gasteiger partial charge on any atom is 0.413 e. The van der Waals surface area contributed by atoms with Gasteiger partial charge in [0.1, 0.15) is 22.8 Å². The summed E-state index contributed by atoms with van der Waals surface area (Å²) >= 11 is 0. The predicted octanol–water partition coefficient (Wildman–Crippen LogP) is 4.20. The van der Waals surface area contributed by atoms with Gasteiger partial charge in [-0.3, -0.25) is 5.32 Å². The molecule has 2 amide bonds.